The van der Waals surface area contributed by atoms with Crippen molar-refractivity contribution >= 4 is 33.9 Å². The summed E-state index contributed by atoms with van der Waals surface area (Å²) in [5, 5.41) is 4.35. The number of rotatable bonds is 1. The summed E-state index contributed by atoms with van der Waals surface area (Å²) in [5.41, 5.74) is 8.57. The topological polar surface area (TPSA) is 53.8 Å². The molecule has 0 aliphatic carbocycles. The molecule has 0 atom stereocenters. The molecule has 2 rings (SSSR count). The minimum Gasteiger partial charge on any atom is -0.376 e. The van der Waals surface area contributed by atoms with Gasteiger partial charge in [-0.25, -0.2) is 0 Å². The highest BCUT2D eigenvalue weighted by Crippen LogP contribution is 2.19. The van der Waals surface area contributed by atoms with Gasteiger partial charge in [0.05, 0.1) is 0 Å². The Morgan fingerprint density at radius 1 is 1.43 bits per heavy atom. The molecule has 1 aromatic heterocycles. The van der Waals surface area contributed by atoms with Crippen molar-refractivity contribution in [3.63, 3.8) is 0 Å². The third-order valence-corrected chi connectivity index (χ3v) is 2.13. The number of fused-ring (bicyclic) bond motifs is 1. The molecule has 0 fully saturated rings. The second kappa shape index (κ2) is 3.31. The van der Waals surface area contributed by atoms with Crippen molar-refractivity contribution < 1.29 is 0 Å². The lowest BCUT2D eigenvalue weighted by Crippen LogP contribution is -2.18. The van der Waals surface area contributed by atoms with E-state index in [0.29, 0.717) is 0 Å². The molecule has 0 unspecified atom stereocenters. The number of H-pyrrole nitrogens is 1. The van der Waals surface area contributed by atoms with E-state index in [4.69, 9.17) is 18.0 Å². The Kier molecular flexibility index (Phi) is 2.13. The average molecular weight is 205 g/mol. The molecule has 0 bridgehead atoms. The van der Waals surface area contributed by atoms with E-state index < -0.39 is 0 Å². The highest BCUT2D eigenvalue weighted by atomic mass is 32.1. The molecule has 0 spiro atoms. The van der Waals surface area contributed by atoms with Crippen molar-refractivity contribution in [2.45, 2.75) is 6.92 Å². The number of nitrogens with one attached hydrogen (secondary N) is 2. The van der Waals surface area contributed by atoms with E-state index in [1.165, 1.54) is 0 Å². The van der Waals surface area contributed by atoms with Gasteiger partial charge in [-0.3, -0.25) is 0 Å². The van der Waals surface area contributed by atoms with E-state index >= 15 is 0 Å². The standard InChI is InChI=1S/C10H11N3S/c1-6-4-7-5-8(13-10(11)14)2-3-9(7)12-6/h2-5,12H,1H3,(H3,11,13,14). The predicted octanol–water partition coefficient (Wildman–Crippen LogP) is 2.13. The number of anilines is 1. The van der Waals surface area contributed by atoms with E-state index in [1.807, 2.05) is 25.1 Å². The molecule has 0 amide bonds. The second-order valence-corrected chi connectivity index (χ2v) is 3.68. The first-order valence-electron chi connectivity index (χ1n) is 4.31. The number of aromatic amines is 1. The van der Waals surface area contributed by atoms with Crippen LogP contribution < -0.4 is 11.1 Å². The van der Waals surface area contributed by atoms with Gasteiger partial charge in [-0.2, -0.15) is 0 Å². The number of thiocarbonyl (C=S) groups is 1. The second-order valence-electron chi connectivity index (χ2n) is 3.24. The zero-order chi connectivity index (χ0) is 10.1. The molecule has 14 heavy (non-hydrogen) atoms. The quantitative estimate of drug-likeness (QED) is 0.625. The molecule has 1 aromatic carbocycles. The number of nitrogens with two attached hydrogens (primary N) is 1. The molecular weight excluding hydrogens is 194 g/mol. The van der Waals surface area contributed by atoms with Crippen LogP contribution in [0.3, 0.4) is 0 Å². The highest BCUT2D eigenvalue weighted by molar-refractivity contribution is 7.80. The molecule has 0 radical (unpaired) electrons. The third-order valence-electron chi connectivity index (χ3n) is 2.02. The van der Waals surface area contributed by atoms with Gasteiger partial charge in [0.15, 0.2) is 5.11 Å². The van der Waals surface area contributed by atoms with Crippen molar-refractivity contribution in [3.8, 4) is 0 Å². The SMILES string of the molecule is Cc1cc2cc(NC(N)=S)ccc2[nH]1. The molecule has 2 aromatic rings. The molecule has 4 heteroatoms. The van der Waals surface area contributed by atoms with Crippen LogP contribution in [0.25, 0.3) is 10.9 Å². The lowest BCUT2D eigenvalue weighted by atomic mass is 10.2. The molecule has 0 aliphatic rings. The maximum absolute atomic E-state index is 5.39. The van der Waals surface area contributed by atoms with Gasteiger partial charge in [0.2, 0.25) is 0 Å². The van der Waals surface area contributed by atoms with Crippen molar-refractivity contribution in [3.05, 3.63) is 30.0 Å². The maximum atomic E-state index is 5.39. The van der Waals surface area contributed by atoms with Crippen LogP contribution in [0.2, 0.25) is 0 Å². The van der Waals surface area contributed by atoms with Gasteiger partial charge in [-0.1, -0.05) is 0 Å². The zero-order valence-electron chi connectivity index (χ0n) is 7.79. The van der Waals surface area contributed by atoms with Gasteiger partial charge >= 0.3 is 0 Å². The monoisotopic (exact) mass is 205 g/mol. The van der Waals surface area contributed by atoms with E-state index in [0.717, 1.165) is 22.3 Å². The fraction of sp³-hybridized carbons (Fsp3) is 0.100. The van der Waals surface area contributed by atoms with Crippen LogP contribution in [-0.4, -0.2) is 10.1 Å². The predicted molar refractivity (Wildman–Crippen MR) is 63.4 cm³/mol. The fourth-order valence-electron chi connectivity index (χ4n) is 1.50. The van der Waals surface area contributed by atoms with Crippen molar-refractivity contribution in [1.82, 2.24) is 4.98 Å². The number of aryl methyl sites for hydroxylation is 1. The van der Waals surface area contributed by atoms with Crippen LogP contribution in [0.4, 0.5) is 5.69 Å². The summed E-state index contributed by atoms with van der Waals surface area (Å²) in [5.74, 6) is 0. The minimum absolute atomic E-state index is 0.289. The Balaban J connectivity index is 2.45. The van der Waals surface area contributed by atoms with Crippen LogP contribution in [0, 0.1) is 6.92 Å². The molecule has 3 nitrogen and oxygen atoms in total. The van der Waals surface area contributed by atoms with Crippen LogP contribution >= 0.6 is 12.2 Å². The van der Waals surface area contributed by atoms with Gasteiger partial charge in [0.1, 0.15) is 0 Å². The van der Waals surface area contributed by atoms with Crippen LogP contribution in [0.15, 0.2) is 24.3 Å². The lowest BCUT2D eigenvalue weighted by molar-refractivity contribution is 1.30. The summed E-state index contributed by atoms with van der Waals surface area (Å²) < 4.78 is 0. The molecule has 0 saturated heterocycles. The smallest absolute Gasteiger partial charge is 0.168 e. The zero-order valence-corrected chi connectivity index (χ0v) is 8.61. The van der Waals surface area contributed by atoms with Crippen LogP contribution in [-0.2, 0) is 0 Å². The summed E-state index contributed by atoms with van der Waals surface area (Å²) in [6, 6.07) is 8.04. The summed E-state index contributed by atoms with van der Waals surface area (Å²) in [4.78, 5) is 3.25. The molecular formula is C10H11N3S. The number of benzene rings is 1. The van der Waals surface area contributed by atoms with Gasteiger partial charge in [0.25, 0.3) is 0 Å². The van der Waals surface area contributed by atoms with Crippen molar-refractivity contribution in [2.75, 3.05) is 5.32 Å². The number of hydrogen-bond acceptors (Lipinski definition) is 1. The first-order valence-corrected chi connectivity index (χ1v) is 4.72. The maximum Gasteiger partial charge on any atom is 0.168 e. The normalized spacial score (nSPS) is 10.4. The van der Waals surface area contributed by atoms with Gasteiger partial charge in [-0.15, -0.1) is 0 Å². The minimum atomic E-state index is 0.289. The van der Waals surface area contributed by atoms with E-state index in [1.54, 1.807) is 0 Å². The molecule has 4 N–H and O–H groups in total. The van der Waals surface area contributed by atoms with E-state index in [9.17, 15) is 0 Å². The Bertz CT molecular complexity index is 487. The Morgan fingerprint density at radius 2 is 2.21 bits per heavy atom. The average Bonchev–Trinajstić information content (AvgIpc) is 2.42. The molecule has 72 valence electrons. The van der Waals surface area contributed by atoms with Gasteiger partial charge in [-0.05, 0) is 43.4 Å². The third kappa shape index (κ3) is 1.70. The number of aromatic nitrogens is 1. The largest absolute Gasteiger partial charge is 0.376 e. The van der Waals surface area contributed by atoms with Crippen LogP contribution in [0.1, 0.15) is 5.69 Å². The first kappa shape index (κ1) is 9.02. The summed E-state index contributed by atoms with van der Waals surface area (Å²) >= 11 is 4.76. The molecule has 0 aliphatic heterocycles. The summed E-state index contributed by atoms with van der Waals surface area (Å²) in [6.07, 6.45) is 0. The highest BCUT2D eigenvalue weighted by Gasteiger charge is 1.99. The first-order chi connectivity index (χ1) is 6.65. The fourth-order valence-corrected chi connectivity index (χ4v) is 1.62. The molecule has 1 heterocycles. The van der Waals surface area contributed by atoms with Gasteiger partial charge in [0, 0.05) is 22.3 Å². The van der Waals surface area contributed by atoms with Crippen molar-refractivity contribution in [2.24, 2.45) is 5.73 Å². The number of hydrogen-bond donors (Lipinski definition) is 3. The van der Waals surface area contributed by atoms with Gasteiger partial charge < -0.3 is 16.0 Å². The lowest BCUT2D eigenvalue weighted by Gasteiger charge is -2.02. The van der Waals surface area contributed by atoms with Crippen LogP contribution in [0.5, 0.6) is 0 Å². The Hall–Kier alpha value is -1.55. The van der Waals surface area contributed by atoms with Crippen molar-refractivity contribution in [1.29, 1.82) is 0 Å². The summed E-state index contributed by atoms with van der Waals surface area (Å²) in [6.45, 7) is 2.03. The van der Waals surface area contributed by atoms with E-state index in [2.05, 4.69) is 16.4 Å². The summed E-state index contributed by atoms with van der Waals surface area (Å²) in [7, 11) is 0. The Labute approximate surface area is 87.3 Å². The Morgan fingerprint density at radius 3 is 2.93 bits per heavy atom. The molecule has 0 saturated carbocycles. The van der Waals surface area contributed by atoms with E-state index in [-0.39, 0.29) is 5.11 Å².